The van der Waals surface area contributed by atoms with Crippen molar-refractivity contribution in [3.05, 3.63) is 61.2 Å². The Labute approximate surface area is 151 Å². The summed E-state index contributed by atoms with van der Waals surface area (Å²) in [5.41, 5.74) is -0.251. The van der Waals surface area contributed by atoms with E-state index in [-0.39, 0.29) is 18.7 Å². The van der Waals surface area contributed by atoms with Gasteiger partial charge in [-0.2, -0.15) is 0 Å². The van der Waals surface area contributed by atoms with Crippen LogP contribution in [0.1, 0.15) is 43.5 Å². The summed E-state index contributed by atoms with van der Waals surface area (Å²) in [6, 6.07) is 8.89. The molecule has 0 amide bonds. The van der Waals surface area contributed by atoms with Crippen LogP contribution >= 0.6 is 0 Å². The number of esters is 1. The Kier molecular flexibility index (Phi) is 9.81. The summed E-state index contributed by atoms with van der Waals surface area (Å²) in [7, 11) is 0. The molecule has 0 N–H and O–H groups in total. The predicted octanol–water partition coefficient (Wildman–Crippen LogP) is 4.57. The number of hydrogen-bond acceptors (Lipinski definition) is 4. The first-order valence-electron chi connectivity index (χ1n) is 8.77. The van der Waals surface area contributed by atoms with Crippen molar-refractivity contribution in [2.75, 3.05) is 19.8 Å². The van der Waals surface area contributed by atoms with Crippen LogP contribution in [0.5, 0.6) is 0 Å². The maximum atomic E-state index is 12.1. The van der Waals surface area contributed by atoms with E-state index in [0.717, 1.165) is 12.8 Å². The minimum absolute atomic E-state index is 0.0619. The van der Waals surface area contributed by atoms with E-state index in [0.29, 0.717) is 25.2 Å². The average Bonchev–Trinajstić information content (AvgIpc) is 2.65. The summed E-state index contributed by atoms with van der Waals surface area (Å²) in [5, 5.41) is 0. The van der Waals surface area contributed by atoms with Crippen molar-refractivity contribution < 1.29 is 19.0 Å². The molecule has 0 saturated carbocycles. The smallest absolute Gasteiger partial charge is 0.338 e. The summed E-state index contributed by atoms with van der Waals surface area (Å²) in [6.07, 6.45) is 6.22. The van der Waals surface area contributed by atoms with Gasteiger partial charge in [-0.25, -0.2) is 4.79 Å². The Balaban J connectivity index is 2.51. The molecule has 0 radical (unpaired) electrons. The highest BCUT2D eigenvalue weighted by molar-refractivity contribution is 5.89. The quantitative estimate of drug-likeness (QED) is 0.298. The summed E-state index contributed by atoms with van der Waals surface area (Å²) < 4.78 is 17.1. The molecule has 2 unspecified atom stereocenters. The summed E-state index contributed by atoms with van der Waals surface area (Å²) in [5.74, 6) is -0.376. The van der Waals surface area contributed by atoms with Crippen molar-refractivity contribution >= 4 is 5.97 Å². The lowest BCUT2D eigenvalue weighted by atomic mass is 10.1. The fraction of sp³-hybridized carbons (Fsp3) is 0.476. The van der Waals surface area contributed by atoms with Crippen molar-refractivity contribution in [3.63, 3.8) is 0 Å². The van der Waals surface area contributed by atoms with Gasteiger partial charge in [0, 0.05) is 6.61 Å². The van der Waals surface area contributed by atoms with E-state index in [9.17, 15) is 4.79 Å². The van der Waals surface area contributed by atoms with E-state index in [1.165, 1.54) is 0 Å². The number of hydrogen-bond donors (Lipinski definition) is 0. The van der Waals surface area contributed by atoms with Crippen LogP contribution in [0, 0.1) is 0 Å². The van der Waals surface area contributed by atoms with Gasteiger partial charge in [0.05, 0.1) is 18.3 Å². The number of ether oxygens (including phenoxy) is 3. The van der Waals surface area contributed by atoms with Gasteiger partial charge < -0.3 is 14.2 Å². The molecule has 138 valence electrons. The second-order valence-corrected chi connectivity index (χ2v) is 6.14. The number of benzene rings is 1. The van der Waals surface area contributed by atoms with Gasteiger partial charge in [0.15, 0.2) is 0 Å². The van der Waals surface area contributed by atoms with E-state index < -0.39 is 5.60 Å². The first kappa shape index (κ1) is 21.1. The van der Waals surface area contributed by atoms with Crippen LogP contribution in [0.3, 0.4) is 0 Å². The fourth-order valence-electron chi connectivity index (χ4n) is 2.07. The Hall–Kier alpha value is -1.91. The number of carbonyl (C=O) groups excluding carboxylic acids is 1. The third kappa shape index (κ3) is 8.14. The Morgan fingerprint density at radius 3 is 2.60 bits per heavy atom. The number of carbonyl (C=O) groups is 1. The third-order valence-corrected chi connectivity index (χ3v) is 3.81. The van der Waals surface area contributed by atoms with Crippen LogP contribution in [-0.2, 0) is 14.2 Å². The number of rotatable bonds is 13. The fourth-order valence-corrected chi connectivity index (χ4v) is 2.07. The van der Waals surface area contributed by atoms with Gasteiger partial charge in [0.1, 0.15) is 12.2 Å². The minimum Gasteiger partial charge on any atom is -0.459 e. The van der Waals surface area contributed by atoms with Crippen LogP contribution < -0.4 is 0 Å². The van der Waals surface area contributed by atoms with Gasteiger partial charge in [-0.3, -0.25) is 0 Å². The Morgan fingerprint density at radius 2 is 2.00 bits per heavy atom. The van der Waals surface area contributed by atoms with Crippen molar-refractivity contribution in [3.8, 4) is 0 Å². The predicted molar refractivity (Wildman–Crippen MR) is 101 cm³/mol. The monoisotopic (exact) mass is 346 g/mol. The molecule has 4 heteroatoms. The Morgan fingerprint density at radius 1 is 1.28 bits per heavy atom. The van der Waals surface area contributed by atoms with Crippen LogP contribution in [-0.4, -0.2) is 37.5 Å². The van der Waals surface area contributed by atoms with Crippen LogP contribution in [0.4, 0.5) is 0 Å². The van der Waals surface area contributed by atoms with Gasteiger partial charge in [-0.05, 0) is 31.9 Å². The maximum Gasteiger partial charge on any atom is 0.338 e. The molecule has 1 aromatic carbocycles. The van der Waals surface area contributed by atoms with Crippen molar-refractivity contribution in [2.24, 2.45) is 0 Å². The van der Waals surface area contributed by atoms with Gasteiger partial charge in [-0.1, -0.05) is 43.7 Å². The normalized spacial score (nSPS) is 14.3. The van der Waals surface area contributed by atoms with Gasteiger partial charge in [-0.15, -0.1) is 13.2 Å². The molecule has 4 nitrogen and oxygen atoms in total. The highest BCUT2D eigenvalue weighted by Crippen LogP contribution is 2.16. The van der Waals surface area contributed by atoms with Crippen molar-refractivity contribution in [1.82, 2.24) is 0 Å². The molecule has 0 fully saturated rings. The zero-order valence-corrected chi connectivity index (χ0v) is 15.4. The molecule has 1 aromatic rings. The summed E-state index contributed by atoms with van der Waals surface area (Å²) in [4.78, 5) is 12.1. The molecule has 0 saturated heterocycles. The average molecular weight is 346 g/mol. The molecule has 0 aromatic heterocycles. The lowest BCUT2D eigenvalue weighted by Gasteiger charge is -2.28. The molecular weight excluding hydrogens is 316 g/mol. The number of unbranched alkanes of at least 4 members (excludes halogenated alkanes) is 1. The zero-order valence-electron chi connectivity index (χ0n) is 15.4. The highest BCUT2D eigenvalue weighted by atomic mass is 16.6. The summed E-state index contributed by atoms with van der Waals surface area (Å²) >= 11 is 0. The second-order valence-electron chi connectivity index (χ2n) is 6.14. The van der Waals surface area contributed by atoms with Crippen molar-refractivity contribution in [1.29, 1.82) is 0 Å². The van der Waals surface area contributed by atoms with Gasteiger partial charge in [0.25, 0.3) is 0 Å². The van der Waals surface area contributed by atoms with E-state index in [2.05, 4.69) is 20.1 Å². The van der Waals surface area contributed by atoms with Crippen LogP contribution in [0.15, 0.2) is 55.6 Å². The van der Waals surface area contributed by atoms with E-state index in [1.54, 1.807) is 30.3 Å². The van der Waals surface area contributed by atoms with Crippen molar-refractivity contribution in [2.45, 2.75) is 44.8 Å². The largest absolute Gasteiger partial charge is 0.459 e. The van der Waals surface area contributed by atoms with Crippen LogP contribution in [0.2, 0.25) is 0 Å². The van der Waals surface area contributed by atoms with E-state index in [4.69, 9.17) is 14.2 Å². The van der Waals surface area contributed by atoms with Gasteiger partial charge >= 0.3 is 5.97 Å². The van der Waals surface area contributed by atoms with E-state index in [1.807, 2.05) is 19.1 Å². The first-order valence-corrected chi connectivity index (χ1v) is 8.77. The molecular formula is C21H30O4. The SMILES string of the molecule is C=CCC(COC(C)(C=C)COC(=O)c1ccccc1)OCCCC. The third-order valence-electron chi connectivity index (χ3n) is 3.81. The zero-order chi connectivity index (χ0) is 18.5. The molecule has 0 heterocycles. The molecule has 0 spiro atoms. The molecule has 25 heavy (non-hydrogen) atoms. The highest BCUT2D eigenvalue weighted by Gasteiger charge is 2.25. The van der Waals surface area contributed by atoms with E-state index >= 15 is 0 Å². The standard InChI is InChI=1S/C21H30O4/c1-5-8-15-23-19(12-6-2)16-25-21(4,7-3)17-24-20(22)18-13-10-9-11-14-18/h6-7,9-11,13-14,19H,2-3,5,8,12,15-17H2,1,4H3. The maximum absolute atomic E-state index is 12.1. The van der Waals surface area contributed by atoms with Crippen LogP contribution in [0.25, 0.3) is 0 Å². The van der Waals surface area contributed by atoms with Gasteiger partial charge in [0.2, 0.25) is 0 Å². The topological polar surface area (TPSA) is 44.8 Å². The summed E-state index contributed by atoms with van der Waals surface area (Å²) in [6.45, 7) is 12.7. The molecule has 0 aliphatic rings. The second kappa shape index (κ2) is 11.6. The lowest BCUT2D eigenvalue weighted by molar-refractivity contribution is -0.0877. The molecule has 0 bridgehead atoms. The molecule has 1 rings (SSSR count). The Bertz CT molecular complexity index is 526. The first-order chi connectivity index (χ1) is 12.0. The molecule has 0 aliphatic heterocycles. The molecule has 0 aliphatic carbocycles. The molecule has 2 atom stereocenters. The minimum atomic E-state index is -0.766. The lowest BCUT2D eigenvalue weighted by Crippen LogP contribution is -2.36.